The number of methoxy groups -OCH3 is 1. The van der Waals surface area contributed by atoms with Crippen molar-refractivity contribution < 1.29 is 18.3 Å². The maximum absolute atomic E-state index is 12.2. The van der Waals surface area contributed by atoms with Crippen molar-refractivity contribution in [3.8, 4) is 5.75 Å². The van der Waals surface area contributed by atoms with E-state index in [0.717, 1.165) is 12.1 Å². The van der Waals surface area contributed by atoms with E-state index in [4.69, 9.17) is 9.47 Å². The lowest BCUT2D eigenvalue weighted by molar-refractivity contribution is 0.0268. The molecule has 5 nitrogen and oxygen atoms in total. The molecule has 1 aromatic rings. The van der Waals surface area contributed by atoms with E-state index in [-0.39, 0.29) is 29.6 Å². The van der Waals surface area contributed by atoms with Crippen LogP contribution in [0.5, 0.6) is 5.75 Å². The summed E-state index contributed by atoms with van der Waals surface area (Å²) in [5.74, 6) is 1.09. The topological polar surface area (TPSA) is 54.9 Å². The van der Waals surface area contributed by atoms with E-state index in [2.05, 4.69) is 15.6 Å². The normalized spacial score (nSPS) is 11.9. The van der Waals surface area contributed by atoms with Crippen LogP contribution in [0.3, 0.4) is 0 Å². The van der Waals surface area contributed by atoms with Gasteiger partial charge in [0.25, 0.3) is 6.43 Å². The molecule has 0 saturated heterocycles. The lowest BCUT2D eigenvalue weighted by Crippen LogP contribution is -2.45. The Labute approximate surface area is 165 Å². The van der Waals surface area contributed by atoms with Gasteiger partial charge in [-0.3, -0.25) is 0 Å². The minimum atomic E-state index is -2.49. The van der Waals surface area contributed by atoms with Crippen LogP contribution in [0.15, 0.2) is 29.3 Å². The Morgan fingerprint density at radius 1 is 1.28 bits per heavy atom. The van der Waals surface area contributed by atoms with Crippen molar-refractivity contribution in [2.45, 2.75) is 39.3 Å². The smallest absolute Gasteiger partial charge is 0.272 e. The van der Waals surface area contributed by atoms with Crippen LogP contribution >= 0.6 is 24.0 Å². The number of guanidine groups is 1. The SMILES string of the molecule is CCNC(=NCc1cccc(OCC(F)F)c1)NCC(C)(C)OC.I. The summed E-state index contributed by atoms with van der Waals surface area (Å²) in [6, 6.07) is 7.01. The number of nitrogens with zero attached hydrogens (tertiary/aromatic N) is 1. The molecule has 1 rings (SSSR count). The van der Waals surface area contributed by atoms with Gasteiger partial charge in [-0.1, -0.05) is 12.1 Å². The highest BCUT2D eigenvalue weighted by molar-refractivity contribution is 14.0. The first-order valence-corrected chi connectivity index (χ1v) is 7.93. The summed E-state index contributed by atoms with van der Waals surface area (Å²) in [7, 11) is 1.66. The van der Waals surface area contributed by atoms with Crippen molar-refractivity contribution in [1.82, 2.24) is 10.6 Å². The second kappa shape index (κ2) is 12.2. The first kappa shape index (κ1) is 23.8. The summed E-state index contributed by atoms with van der Waals surface area (Å²) < 4.78 is 34.8. The molecular weight excluding hydrogens is 443 g/mol. The molecule has 8 heteroatoms. The molecule has 144 valence electrons. The molecule has 0 radical (unpaired) electrons. The number of halogens is 3. The Balaban J connectivity index is 0.00000576. The summed E-state index contributed by atoms with van der Waals surface area (Å²) >= 11 is 0. The highest BCUT2D eigenvalue weighted by atomic mass is 127. The molecule has 0 saturated carbocycles. The monoisotopic (exact) mass is 471 g/mol. The van der Waals surface area contributed by atoms with Gasteiger partial charge in [-0.2, -0.15) is 0 Å². The molecule has 0 aromatic heterocycles. The van der Waals surface area contributed by atoms with Crippen molar-refractivity contribution in [3.05, 3.63) is 29.8 Å². The fraction of sp³-hybridized carbons (Fsp3) is 0.588. The molecule has 2 N–H and O–H groups in total. The number of aliphatic imine (C=N–C) groups is 1. The molecule has 0 atom stereocenters. The Morgan fingerprint density at radius 2 is 2.00 bits per heavy atom. The van der Waals surface area contributed by atoms with Gasteiger partial charge in [0.05, 0.1) is 12.1 Å². The minimum absolute atomic E-state index is 0. The van der Waals surface area contributed by atoms with Gasteiger partial charge in [0.15, 0.2) is 5.96 Å². The average molecular weight is 471 g/mol. The van der Waals surface area contributed by atoms with Gasteiger partial charge in [-0.15, -0.1) is 24.0 Å². The first-order chi connectivity index (χ1) is 11.4. The molecular formula is C17H28F2IN3O2. The molecule has 0 spiro atoms. The second-order valence-corrected chi connectivity index (χ2v) is 5.86. The summed E-state index contributed by atoms with van der Waals surface area (Å²) in [5.41, 5.74) is 0.573. The zero-order valence-electron chi connectivity index (χ0n) is 15.1. The van der Waals surface area contributed by atoms with Crippen LogP contribution < -0.4 is 15.4 Å². The number of rotatable bonds is 9. The van der Waals surface area contributed by atoms with E-state index in [0.29, 0.717) is 24.8 Å². The second-order valence-electron chi connectivity index (χ2n) is 5.86. The number of nitrogens with one attached hydrogen (secondary N) is 2. The van der Waals surface area contributed by atoms with Crippen LogP contribution in [-0.4, -0.2) is 44.8 Å². The molecule has 0 aliphatic heterocycles. The molecule has 25 heavy (non-hydrogen) atoms. The third kappa shape index (κ3) is 10.4. The summed E-state index contributed by atoms with van der Waals surface area (Å²) in [6.07, 6.45) is -2.49. The van der Waals surface area contributed by atoms with E-state index < -0.39 is 13.0 Å². The molecule has 0 amide bonds. The molecule has 0 heterocycles. The van der Waals surface area contributed by atoms with Gasteiger partial charge in [0, 0.05) is 20.2 Å². The third-order valence-corrected chi connectivity index (χ3v) is 3.27. The molecule has 0 fully saturated rings. The van der Waals surface area contributed by atoms with Crippen molar-refractivity contribution >= 4 is 29.9 Å². The van der Waals surface area contributed by atoms with Crippen molar-refractivity contribution in [2.24, 2.45) is 4.99 Å². The van der Waals surface area contributed by atoms with Crippen molar-refractivity contribution in [1.29, 1.82) is 0 Å². The predicted molar refractivity (Wildman–Crippen MR) is 107 cm³/mol. The summed E-state index contributed by atoms with van der Waals surface area (Å²) in [6.45, 7) is 7.08. The zero-order chi connectivity index (χ0) is 18.0. The van der Waals surface area contributed by atoms with E-state index in [9.17, 15) is 8.78 Å². The fourth-order valence-electron chi connectivity index (χ4n) is 1.77. The maximum atomic E-state index is 12.2. The zero-order valence-corrected chi connectivity index (χ0v) is 17.5. The Morgan fingerprint density at radius 3 is 2.60 bits per heavy atom. The first-order valence-electron chi connectivity index (χ1n) is 7.93. The van der Waals surface area contributed by atoms with Crippen LogP contribution in [0.2, 0.25) is 0 Å². The van der Waals surface area contributed by atoms with Gasteiger partial charge in [0.2, 0.25) is 0 Å². The lowest BCUT2D eigenvalue weighted by atomic mass is 10.1. The quantitative estimate of drug-likeness (QED) is 0.329. The summed E-state index contributed by atoms with van der Waals surface area (Å²) in [4.78, 5) is 4.49. The number of hydrogen-bond acceptors (Lipinski definition) is 3. The van der Waals surface area contributed by atoms with E-state index >= 15 is 0 Å². The van der Waals surface area contributed by atoms with Crippen LogP contribution in [0, 0.1) is 0 Å². The Hall–Kier alpha value is -1.16. The van der Waals surface area contributed by atoms with Gasteiger partial charge in [-0.05, 0) is 38.5 Å². The number of alkyl halides is 2. The lowest BCUT2D eigenvalue weighted by Gasteiger charge is -2.24. The highest BCUT2D eigenvalue weighted by Crippen LogP contribution is 2.15. The van der Waals surface area contributed by atoms with Crippen LogP contribution in [0.4, 0.5) is 8.78 Å². The maximum Gasteiger partial charge on any atom is 0.272 e. The Bertz CT molecular complexity index is 528. The van der Waals surface area contributed by atoms with Crippen LogP contribution in [0.1, 0.15) is 26.3 Å². The van der Waals surface area contributed by atoms with Crippen LogP contribution in [-0.2, 0) is 11.3 Å². The van der Waals surface area contributed by atoms with Gasteiger partial charge < -0.3 is 20.1 Å². The number of ether oxygens (including phenoxy) is 2. The van der Waals surface area contributed by atoms with E-state index in [1.54, 1.807) is 25.3 Å². The summed E-state index contributed by atoms with van der Waals surface area (Å²) in [5, 5.41) is 6.38. The highest BCUT2D eigenvalue weighted by Gasteiger charge is 2.16. The van der Waals surface area contributed by atoms with Gasteiger partial charge >= 0.3 is 0 Å². The standard InChI is InChI=1S/C17H27F2N3O2.HI/c1-5-20-16(22-12-17(2,3)23-4)21-10-13-7-6-8-14(9-13)24-11-15(18)19;/h6-9,15H,5,10-12H2,1-4H3,(H2,20,21,22);1H. The van der Waals surface area contributed by atoms with Crippen molar-refractivity contribution in [3.63, 3.8) is 0 Å². The fourth-order valence-corrected chi connectivity index (χ4v) is 1.77. The van der Waals surface area contributed by atoms with E-state index in [1.165, 1.54) is 0 Å². The van der Waals surface area contributed by atoms with E-state index in [1.807, 2.05) is 26.8 Å². The largest absolute Gasteiger partial charge is 0.488 e. The molecule has 0 aliphatic rings. The van der Waals surface area contributed by atoms with Gasteiger partial charge in [0.1, 0.15) is 12.4 Å². The molecule has 0 aliphatic carbocycles. The Kier molecular flexibility index (Phi) is 11.7. The number of benzene rings is 1. The molecule has 1 aromatic carbocycles. The third-order valence-electron chi connectivity index (χ3n) is 3.27. The number of hydrogen-bond donors (Lipinski definition) is 2. The van der Waals surface area contributed by atoms with Gasteiger partial charge in [-0.25, -0.2) is 13.8 Å². The van der Waals surface area contributed by atoms with Crippen molar-refractivity contribution in [2.75, 3.05) is 26.8 Å². The average Bonchev–Trinajstić information content (AvgIpc) is 2.56. The molecule has 0 unspecified atom stereocenters. The minimum Gasteiger partial charge on any atom is -0.488 e. The molecule has 0 bridgehead atoms. The van der Waals surface area contributed by atoms with Crippen LogP contribution in [0.25, 0.3) is 0 Å². The predicted octanol–water partition coefficient (Wildman–Crippen LogP) is 3.43.